The first-order valence-corrected chi connectivity index (χ1v) is 9.68. The van der Waals surface area contributed by atoms with Crippen LogP contribution in [0.4, 0.5) is 0 Å². The highest BCUT2D eigenvalue weighted by Crippen LogP contribution is 2.24. The molecule has 4 N–H and O–H groups in total. The van der Waals surface area contributed by atoms with Gasteiger partial charge in [0.1, 0.15) is 12.1 Å². The molecule has 0 spiro atoms. The number of nitrogens with one attached hydrogen (secondary N) is 2. The zero-order chi connectivity index (χ0) is 19.5. The van der Waals surface area contributed by atoms with Crippen LogP contribution in [0.5, 0.6) is 0 Å². The third-order valence-electron chi connectivity index (χ3n) is 4.86. The summed E-state index contributed by atoms with van der Waals surface area (Å²) < 4.78 is 0. The van der Waals surface area contributed by atoms with Crippen LogP contribution in [0, 0.1) is 5.92 Å². The zero-order valence-corrected chi connectivity index (χ0v) is 15.9. The molecule has 0 aromatic carbocycles. The molecule has 150 valence electrons. The van der Waals surface area contributed by atoms with E-state index in [4.69, 9.17) is 5.21 Å². The van der Waals surface area contributed by atoms with Crippen molar-refractivity contribution in [2.45, 2.75) is 77.4 Å². The van der Waals surface area contributed by atoms with Crippen molar-refractivity contribution in [3.8, 4) is 0 Å². The minimum Gasteiger partial charge on any atom is -0.382 e. The fraction of sp³-hybridized carbons (Fsp3) is 0.833. The van der Waals surface area contributed by atoms with E-state index in [0.29, 0.717) is 38.8 Å². The number of amides is 3. The Balaban J connectivity index is 2.77. The Morgan fingerprint density at radius 2 is 1.85 bits per heavy atom. The largest absolute Gasteiger partial charge is 0.382 e. The van der Waals surface area contributed by atoms with Crippen molar-refractivity contribution in [1.29, 1.82) is 0 Å². The third kappa shape index (κ3) is 6.25. The number of carbonyl (C=O) groups excluding carboxylic acids is 3. The number of hydrogen-bond donors (Lipinski definition) is 4. The molecule has 0 aromatic rings. The lowest BCUT2D eigenvalue weighted by Crippen LogP contribution is -2.51. The van der Waals surface area contributed by atoms with Gasteiger partial charge in [-0.2, -0.15) is 0 Å². The SMILES string of the molecule is CCCCCNC(=O)C1CCCN1C(=O)C(CCCC)C(O)C(=O)NO. The molecule has 3 unspecified atom stereocenters. The fourth-order valence-corrected chi connectivity index (χ4v) is 3.31. The second kappa shape index (κ2) is 11.9. The quantitative estimate of drug-likeness (QED) is 0.245. The summed E-state index contributed by atoms with van der Waals surface area (Å²) in [6.45, 7) is 5.05. The first-order chi connectivity index (χ1) is 12.5. The summed E-state index contributed by atoms with van der Waals surface area (Å²) >= 11 is 0. The summed E-state index contributed by atoms with van der Waals surface area (Å²) in [5, 5.41) is 21.8. The van der Waals surface area contributed by atoms with E-state index >= 15 is 0 Å². The number of hydrogen-bond acceptors (Lipinski definition) is 5. The van der Waals surface area contributed by atoms with Gasteiger partial charge >= 0.3 is 0 Å². The lowest BCUT2D eigenvalue weighted by molar-refractivity contribution is -0.152. The van der Waals surface area contributed by atoms with Crippen molar-refractivity contribution in [3.63, 3.8) is 0 Å². The van der Waals surface area contributed by atoms with Gasteiger partial charge in [-0.15, -0.1) is 0 Å². The van der Waals surface area contributed by atoms with Crippen LogP contribution in [0.25, 0.3) is 0 Å². The van der Waals surface area contributed by atoms with Gasteiger partial charge < -0.3 is 15.3 Å². The van der Waals surface area contributed by atoms with E-state index < -0.39 is 29.9 Å². The number of carbonyl (C=O) groups is 3. The maximum Gasteiger partial charge on any atom is 0.272 e. The van der Waals surface area contributed by atoms with Crippen LogP contribution in [-0.4, -0.2) is 58.2 Å². The van der Waals surface area contributed by atoms with E-state index in [1.54, 1.807) is 0 Å². The standard InChI is InChI=1S/C18H33N3O5/c1-3-5-7-11-19-16(23)14-10-8-12-21(14)18(25)13(9-6-4-2)15(22)17(24)20-26/h13-15,22,26H,3-12H2,1-2H3,(H,19,23)(H,20,24). The Hall–Kier alpha value is -1.67. The zero-order valence-electron chi connectivity index (χ0n) is 15.9. The highest BCUT2D eigenvalue weighted by molar-refractivity contribution is 5.92. The molecule has 3 atom stereocenters. The van der Waals surface area contributed by atoms with Crippen LogP contribution in [0.3, 0.4) is 0 Å². The van der Waals surface area contributed by atoms with Crippen LogP contribution in [0.15, 0.2) is 0 Å². The molecular weight excluding hydrogens is 338 g/mol. The lowest BCUT2D eigenvalue weighted by atomic mass is 9.93. The second-order valence-corrected chi connectivity index (χ2v) is 6.86. The van der Waals surface area contributed by atoms with Crippen molar-refractivity contribution in [2.24, 2.45) is 5.92 Å². The van der Waals surface area contributed by atoms with Gasteiger partial charge in [0.15, 0.2) is 0 Å². The van der Waals surface area contributed by atoms with Gasteiger partial charge in [0.2, 0.25) is 11.8 Å². The first kappa shape index (κ1) is 22.4. The van der Waals surface area contributed by atoms with Crippen molar-refractivity contribution in [3.05, 3.63) is 0 Å². The van der Waals surface area contributed by atoms with Crippen molar-refractivity contribution in [1.82, 2.24) is 15.7 Å². The molecule has 0 aromatic heterocycles. The van der Waals surface area contributed by atoms with E-state index in [1.807, 2.05) is 6.92 Å². The van der Waals surface area contributed by atoms with Crippen LogP contribution in [0.2, 0.25) is 0 Å². The Bertz CT molecular complexity index is 472. The summed E-state index contributed by atoms with van der Waals surface area (Å²) in [5.41, 5.74) is 1.40. The topological polar surface area (TPSA) is 119 Å². The number of rotatable bonds is 11. The third-order valence-corrected chi connectivity index (χ3v) is 4.86. The number of hydroxylamine groups is 1. The van der Waals surface area contributed by atoms with Crippen molar-refractivity contribution >= 4 is 17.7 Å². The van der Waals surface area contributed by atoms with Gasteiger partial charge in [-0.1, -0.05) is 39.5 Å². The molecule has 1 saturated heterocycles. The Kier molecular flexibility index (Phi) is 10.2. The highest BCUT2D eigenvalue weighted by atomic mass is 16.5. The van der Waals surface area contributed by atoms with E-state index in [9.17, 15) is 19.5 Å². The van der Waals surface area contributed by atoms with E-state index in [1.165, 1.54) is 10.4 Å². The summed E-state index contributed by atoms with van der Waals surface area (Å²) in [7, 11) is 0. The molecule has 26 heavy (non-hydrogen) atoms. The van der Waals surface area contributed by atoms with Gasteiger partial charge in [-0.3, -0.25) is 19.6 Å². The van der Waals surface area contributed by atoms with Gasteiger partial charge in [-0.05, 0) is 25.7 Å². The van der Waals surface area contributed by atoms with Gasteiger partial charge in [0, 0.05) is 13.1 Å². The van der Waals surface area contributed by atoms with Gasteiger partial charge in [0.25, 0.3) is 5.91 Å². The minimum absolute atomic E-state index is 0.178. The van der Waals surface area contributed by atoms with Crippen molar-refractivity contribution < 1.29 is 24.7 Å². The molecule has 1 heterocycles. The molecule has 1 rings (SSSR count). The normalized spacial score (nSPS) is 19.1. The highest BCUT2D eigenvalue weighted by Gasteiger charge is 2.40. The summed E-state index contributed by atoms with van der Waals surface area (Å²) in [6, 6.07) is -0.558. The van der Waals surface area contributed by atoms with E-state index in [2.05, 4.69) is 12.2 Å². The number of unbranched alkanes of at least 4 members (excludes halogenated alkanes) is 3. The summed E-state index contributed by atoms with van der Waals surface area (Å²) in [4.78, 5) is 38.4. The number of aliphatic hydroxyl groups excluding tert-OH is 1. The molecule has 0 radical (unpaired) electrons. The Morgan fingerprint density at radius 3 is 2.46 bits per heavy atom. The van der Waals surface area contributed by atoms with Crippen molar-refractivity contribution in [2.75, 3.05) is 13.1 Å². The van der Waals surface area contributed by atoms with E-state index in [-0.39, 0.29) is 5.91 Å². The lowest BCUT2D eigenvalue weighted by Gasteiger charge is -2.30. The van der Waals surface area contributed by atoms with Crippen LogP contribution < -0.4 is 10.8 Å². The van der Waals surface area contributed by atoms with Gasteiger partial charge in [0.05, 0.1) is 5.92 Å². The van der Waals surface area contributed by atoms with Crippen LogP contribution >= 0.6 is 0 Å². The number of likely N-dealkylation sites (tertiary alicyclic amines) is 1. The molecule has 8 nitrogen and oxygen atoms in total. The molecule has 0 saturated carbocycles. The second-order valence-electron chi connectivity index (χ2n) is 6.86. The average Bonchev–Trinajstić information content (AvgIpc) is 3.14. The number of aliphatic hydroxyl groups is 1. The summed E-state index contributed by atoms with van der Waals surface area (Å²) in [5.74, 6) is -2.54. The monoisotopic (exact) mass is 371 g/mol. The molecule has 0 bridgehead atoms. The maximum absolute atomic E-state index is 12.9. The molecule has 8 heteroatoms. The molecule has 1 fully saturated rings. The van der Waals surface area contributed by atoms with Crippen LogP contribution in [0.1, 0.15) is 65.2 Å². The average molecular weight is 371 g/mol. The van der Waals surface area contributed by atoms with Crippen LogP contribution in [-0.2, 0) is 14.4 Å². The smallest absolute Gasteiger partial charge is 0.272 e. The fourth-order valence-electron chi connectivity index (χ4n) is 3.31. The first-order valence-electron chi connectivity index (χ1n) is 9.68. The molecule has 1 aliphatic rings. The molecule has 3 amide bonds. The molecular formula is C18H33N3O5. The Morgan fingerprint density at radius 1 is 1.15 bits per heavy atom. The minimum atomic E-state index is -1.63. The Labute approximate surface area is 155 Å². The van der Waals surface area contributed by atoms with Gasteiger partial charge in [-0.25, -0.2) is 5.48 Å². The maximum atomic E-state index is 12.9. The molecule has 0 aliphatic carbocycles. The predicted molar refractivity (Wildman–Crippen MR) is 96.2 cm³/mol. The number of nitrogens with zero attached hydrogens (tertiary/aromatic N) is 1. The van der Waals surface area contributed by atoms with E-state index in [0.717, 1.165) is 25.7 Å². The predicted octanol–water partition coefficient (Wildman–Crippen LogP) is 0.957. The summed E-state index contributed by atoms with van der Waals surface area (Å²) in [6.07, 6.45) is 4.45. The molecule has 1 aliphatic heterocycles.